The van der Waals surface area contributed by atoms with Gasteiger partial charge in [-0.3, -0.25) is 9.59 Å². The smallest absolute Gasteiger partial charge is 0.305 e. The standard InChI is InChI=1S/C16H22O3/c1-12(2)13-7-6-8-14(11-13)15(17)9-4-5-10-16(18)19-3/h6-8,11-12H,4-5,9-10H2,1-3H3. The fourth-order valence-corrected chi connectivity index (χ4v) is 1.87. The minimum Gasteiger partial charge on any atom is -0.469 e. The van der Waals surface area contributed by atoms with Gasteiger partial charge in [0.15, 0.2) is 5.78 Å². The zero-order chi connectivity index (χ0) is 14.3. The fourth-order valence-electron chi connectivity index (χ4n) is 1.87. The number of ketones is 1. The fraction of sp³-hybridized carbons (Fsp3) is 0.500. The number of hydrogen-bond acceptors (Lipinski definition) is 3. The van der Waals surface area contributed by atoms with Crippen LogP contribution in [0, 0.1) is 0 Å². The summed E-state index contributed by atoms with van der Waals surface area (Å²) in [5, 5.41) is 0. The molecule has 104 valence electrons. The third-order valence-electron chi connectivity index (χ3n) is 3.14. The second kappa shape index (κ2) is 7.72. The van der Waals surface area contributed by atoms with Crippen molar-refractivity contribution in [3.8, 4) is 0 Å². The summed E-state index contributed by atoms with van der Waals surface area (Å²) >= 11 is 0. The summed E-state index contributed by atoms with van der Waals surface area (Å²) in [5.74, 6) is 0.355. The van der Waals surface area contributed by atoms with E-state index < -0.39 is 0 Å². The first-order chi connectivity index (χ1) is 9.04. The van der Waals surface area contributed by atoms with E-state index in [1.54, 1.807) is 0 Å². The van der Waals surface area contributed by atoms with Gasteiger partial charge in [0.05, 0.1) is 7.11 Å². The number of esters is 1. The topological polar surface area (TPSA) is 43.4 Å². The van der Waals surface area contributed by atoms with Gasteiger partial charge >= 0.3 is 5.97 Å². The number of carbonyl (C=O) groups excluding carboxylic acids is 2. The average Bonchev–Trinajstić information content (AvgIpc) is 2.43. The summed E-state index contributed by atoms with van der Waals surface area (Å²) in [7, 11) is 1.38. The predicted molar refractivity (Wildman–Crippen MR) is 75.3 cm³/mol. The van der Waals surface area contributed by atoms with Gasteiger partial charge in [-0.05, 0) is 30.4 Å². The Labute approximate surface area is 115 Å². The molecular formula is C16H22O3. The first-order valence-electron chi connectivity index (χ1n) is 6.74. The zero-order valence-electron chi connectivity index (χ0n) is 11.9. The van der Waals surface area contributed by atoms with Crippen molar-refractivity contribution in [2.75, 3.05) is 7.11 Å². The Morgan fingerprint density at radius 2 is 1.84 bits per heavy atom. The lowest BCUT2D eigenvalue weighted by molar-refractivity contribution is -0.140. The Kier molecular flexibility index (Phi) is 6.26. The van der Waals surface area contributed by atoms with Crippen LogP contribution in [-0.2, 0) is 9.53 Å². The summed E-state index contributed by atoms with van der Waals surface area (Å²) in [6.45, 7) is 4.22. The van der Waals surface area contributed by atoms with Gasteiger partial charge in [-0.1, -0.05) is 32.0 Å². The monoisotopic (exact) mass is 262 g/mol. The Morgan fingerprint density at radius 1 is 1.16 bits per heavy atom. The molecule has 0 aliphatic heterocycles. The number of Topliss-reactive ketones (excluding diaryl/α,β-unsaturated/α-hetero) is 1. The van der Waals surface area contributed by atoms with E-state index in [0.29, 0.717) is 25.2 Å². The van der Waals surface area contributed by atoms with Crippen LogP contribution in [0.5, 0.6) is 0 Å². The van der Waals surface area contributed by atoms with Crippen molar-refractivity contribution in [3.05, 3.63) is 35.4 Å². The van der Waals surface area contributed by atoms with E-state index >= 15 is 0 Å². The summed E-state index contributed by atoms with van der Waals surface area (Å²) in [6, 6.07) is 7.79. The number of carbonyl (C=O) groups is 2. The number of ether oxygens (including phenoxy) is 1. The normalized spacial score (nSPS) is 10.5. The first kappa shape index (κ1) is 15.4. The van der Waals surface area contributed by atoms with Gasteiger partial charge in [0, 0.05) is 18.4 Å². The van der Waals surface area contributed by atoms with Crippen LogP contribution in [-0.4, -0.2) is 18.9 Å². The molecule has 0 saturated heterocycles. The summed E-state index contributed by atoms with van der Waals surface area (Å²) in [4.78, 5) is 23.0. The Balaban J connectivity index is 2.45. The molecule has 1 aromatic carbocycles. The number of unbranched alkanes of at least 4 members (excludes halogenated alkanes) is 1. The molecule has 0 radical (unpaired) electrons. The van der Waals surface area contributed by atoms with Crippen molar-refractivity contribution >= 4 is 11.8 Å². The molecule has 3 nitrogen and oxygen atoms in total. The molecule has 0 aliphatic carbocycles. The molecule has 0 N–H and O–H groups in total. The van der Waals surface area contributed by atoms with E-state index in [9.17, 15) is 9.59 Å². The van der Waals surface area contributed by atoms with Crippen LogP contribution in [0.15, 0.2) is 24.3 Å². The SMILES string of the molecule is COC(=O)CCCCC(=O)c1cccc(C(C)C)c1. The van der Waals surface area contributed by atoms with E-state index in [2.05, 4.69) is 18.6 Å². The van der Waals surface area contributed by atoms with Gasteiger partial charge in [0.25, 0.3) is 0 Å². The predicted octanol–water partition coefficient (Wildman–Crippen LogP) is 3.73. The molecule has 0 heterocycles. The quantitative estimate of drug-likeness (QED) is 0.427. The van der Waals surface area contributed by atoms with Crippen molar-refractivity contribution in [2.24, 2.45) is 0 Å². The summed E-state index contributed by atoms with van der Waals surface area (Å²) < 4.78 is 4.56. The second-order valence-corrected chi connectivity index (χ2v) is 4.99. The van der Waals surface area contributed by atoms with Crippen molar-refractivity contribution in [3.63, 3.8) is 0 Å². The highest BCUT2D eigenvalue weighted by Crippen LogP contribution is 2.17. The molecule has 0 atom stereocenters. The third-order valence-corrected chi connectivity index (χ3v) is 3.14. The molecule has 1 aromatic rings. The van der Waals surface area contributed by atoms with Gasteiger partial charge in [0.1, 0.15) is 0 Å². The van der Waals surface area contributed by atoms with Crippen molar-refractivity contribution in [1.82, 2.24) is 0 Å². The maximum Gasteiger partial charge on any atom is 0.305 e. The molecule has 3 heteroatoms. The van der Waals surface area contributed by atoms with Crippen molar-refractivity contribution < 1.29 is 14.3 Å². The lowest BCUT2D eigenvalue weighted by atomic mass is 9.97. The third kappa shape index (κ3) is 5.25. The Hall–Kier alpha value is -1.64. The molecule has 0 aromatic heterocycles. The molecule has 0 fully saturated rings. The van der Waals surface area contributed by atoms with E-state index in [-0.39, 0.29) is 11.8 Å². The van der Waals surface area contributed by atoms with Crippen LogP contribution in [0.1, 0.15) is 61.4 Å². The van der Waals surface area contributed by atoms with Gasteiger partial charge in [-0.15, -0.1) is 0 Å². The number of hydrogen-bond donors (Lipinski definition) is 0. The molecular weight excluding hydrogens is 240 g/mol. The highest BCUT2D eigenvalue weighted by Gasteiger charge is 2.08. The highest BCUT2D eigenvalue weighted by molar-refractivity contribution is 5.96. The van der Waals surface area contributed by atoms with Crippen LogP contribution in [0.25, 0.3) is 0 Å². The number of benzene rings is 1. The van der Waals surface area contributed by atoms with Crippen molar-refractivity contribution in [1.29, 1.82) is 0 Å². The van der Waals surface area contributed by atoms with Crippen LogP contribution in [0.2, 0.25) is 0 Å². The van der Waals surface area contributed by atoms with E-state index in [1.807, 2.05) is 24.3 Å². The number of methoxy groups -OCH3 is 1. The zero-order valence-corrected chi connectivity index (χ0v) is 11.9. The van der Waals surface area contributed by atoms with Crippen molar-refractivity contribution in [2.45, 2.75) is 45.4 Å². The second-order valence-electron chi connectivity index (χ2n) is 4.99. The van der Waals surface area contributed by atoms with E-state index in [4.69, 9.17) is 0 Å². The lowest BCUT2D eigenvalue weighted by Crippen LogP contribution is -2.03. The molecule has 0 amide bonds. The first-order valence-corrected chi connectivity index (χ1v) is 6.74. The Morgan fingerprint density at radius 3 is 2.47 bits per heavy atom. The molecule has 0 spiro atoms. The van der Waals surface area contributed by atoms with Gasteiger partial charge < -0.3 is 4.74 Å². The Bertz CT molecular complexity index is 435. The molecule has 0 bridgehead atoms. The van der Waals surface area contributed by atoms with Crippen LogP contribution in [0.3, 0.4) is 0 Å². The molecule has 1 rings (SSSR count). The van der Waals surface area contributed by atoms with E-state index in [1.165, 1.54) is 12.7 Å². The molecule has 0 saturated carbocycles. The molecule has 0 aliphatic rings. The van der Waals surface area contributed by atoms with Crippen LogP contribution < -0.4 is 0 Å². The minimum atomic E-state index is -0.214. The minimum absolute atomic E-state index is 0.146. The maximum absolute atomic E-state index is 12.0. The average molecular weight is 262 g/mol. The number of rotatable bonds is 7. The van der Waals surface area contributed by atoms with Gasteiger partial charge in [-0.25, -0.2) is 0 Å². The van der Waals surface area contributed by atoms with Crippen LogP contribution >= 0.6 is 0 Å². The highest BCUT2D eigenvalue weighted by atomic mass is 16.5. The molecule has 19 heavy (non-hydrogen) atoms. The van der Waals surface area contributed by atoms with E-state index in [0.717, 1.165) is 12.0 Å². The van der Waals surface area contributed by atoms with Crippen LogP contribution in [0.4, 0.5) is 0 Å². The lowest BCUT2D eigenvalue weighted by Gasteiger charge is -2.07. The largest absolute Gasteiger partial charge is 0.469 e. The maximum atomic E-state index is 12.0. The van der Waals surface area contributed by atoms with Gasteiger partial charge in [-0.2, -0.15) is 0 Å². The summed E-state index contributed by atoms with van der Waals surface area (Å²) in [6.07, 6.45) is 2.29. The van der Waals surface area contributed by atoms with Gasteiger partial charge in [0.2, 0.25) is 0 Å². The summed E-state index contributed by atoms with van der Waals surface area (Å²) in [5.41, 5.74) is 1.95. The molecule has 0 unspecified atom stereocenters.